The fourth-order valence-electron chi connectivity index (χ4n) is 3.07. The maximum Gasteiger partial charge on any atom is 0.242 e. The molecular formula is C24H31ClN2O3. The van der Waals surface area contributed by atoms with Crippen molar-refractivity contribution in [3.63, 3.8) is 0 Å². The van der Waals surface area contributed by atoms with Crippen molar-refractivity contribution in [1.29, 1.82) is 0 Å². The van der Waals surface area contributed by atoms with E-state index in [9.17, 15) is 9.59 Å². The number of hydrogen-bond donors (Lipinski definition) is 1. The van der Waals surface area contributed by atoms with Crippen LogP contribution in [0.15, 0.2) is 48.5 Å². The number of halogens is 1. The van der Waals surface area contributed by atoms with Crippen LogP contribution < -0.4 is 10.1 Å². The van der Waals surface area contributed by atoms with E-state index in [1.807, 2.05) is 38.1 Å². The number of ether oxygens (including phenoxy) is 1. The number of benzene rings is 2. The van der Waals surface area contributed by atoms with Crippen molar-refractivity contribution in [1.82, 2.24) is 10.2 Å². The molecule has 5 nitrogen and oxygen atoms in total. The Morgan fingerprint density at radius 3 is 2.57 bits per heavy atom. The lowest BCUT2D eigenvalue weighted by Crippen LogP contribution is -2.47. The Labute approximate surface area is 184 Å². The number of nitrogens with one attached hydrogen (secondary N) is 1. The molecule has 0 aliphatic carbocycles. The first kappa shape index (κ1) is 23.7. The summed E-state index contributed by atoms with van der Waals surface area (Å²) in [5, 5.41) is 3.54. The minimum atomic E-state index is -0.540. The third-order valence-electron chi connectivity index (χ3n) is 4.77. The van der Waals surface area contributed by atoms with Crippen molar-refractivity contribution >= 4 is 23.4 Å². The summed E-state index contributed by atoms with van der Waals surface area (Å²) in [6.07, 6.45) is 1.73. The summed E-state index contributed by atoms with van der Waals surface area (Å²) in [5.74, 6) is 0.529. The topological polar surface area (TPSA) is 58.6 Å². The third kappa shape index (κ3) is 7.71. The van der Waals surface area contributed by atoms with Gasteiger partial charge in [0.1, 0.15) is 11.8 Å². The molecule has 1 N–H and O–H groups in total. The van der Waals surface area contributed by atoms with E-state index in [4.69, 9.17) is 16.3 Å². The van der Waals surface area contributed by atoms with Crippen LogP contribution in [-0.4, -0.2) is 35.9 Å². The maximum absolute atomic E-state index is 13.0. The van der Waals surface area contributed by atoms with Crippen molar-refractivity contribution in [2.24, 2.45) is 0 Å². The minimum absolute atomic E-state index is 0.0599. The Kier molecular flexibility index (Phi) is 9.68. The van der Waals surface area contributed by atoms with Crippen molar-refractivity contribution in [2.75, 3.05) is 13.2 Å². The fraction of sp³-hybridized carbons (Fsp3) is 0.417. The van der Waals surface area contributed by atoms with Crippen LogP contribution in [0.4, 0.5) is 0 Å². The maximum atomic E-state index is 13.0. The first-order chi connectivity index (χ1) is 14.4. The van der Waals surface area contributed by atoms with Gasteiger partial charge in [-0.25, -0.2) is 0 Å². The second-order valence-electron chi connectivity index (χ2n) is 7.38. The lowest BCUT2D eigenvalue weighted by molar-refractivity contribution is -0.140. The van der Waals surface area contributed by atoms with Crippen molar-refractivity contribution in [2.45, 2.75) is 52.6 Å². The Bertz CT molecular complexity index is 823. The second kappa shape index (κ2) is 12.2. The Morgan fingerprint density at radius 2 is 1.90 bits per heavy atom. The lowest BCUT2D eigenvalue weighted by atomic mass is 10.1. The first-order valence-electron chi connectivity index (χ1n) is 10.4. The van der Waals surface area contributed by atoms with Crippen LogP contribution >= 0.6 is 11.6 Å². The van der Waals surface area contributed by atoms with Gasteiger partial charge in [-0.1, -0.05) is 48.4 Å². The molecule has 0 saturated carbocycles. The predicted octanol–water partition coefficient (Wildman–Crippen LogP) is 4.75. The van der Waals surface area contributed by atoms with Crippen LogP contribution in [-0.2, 0) is 16.1 Å². The van der Waals surface area contributed by atoms with E-state index in [-0.39, 0.29) is 11.8 Å². The summed E-state index contributed by atoms with van der Waals surface area (Å²) in [4.78, 5) is 27.1. The van der Waals surface area contributed by atoms with E-state index in [0.717, 1.165) is 23.3 Å². The lowest BCUT2D eigenvalue weighted by Gasteiger charge is -2.29. The van der Waals surface area contributed by atoms with Crippen LogP contribution in [0.2, 0.25) is 5.02 Å². The molecule has 0 aliphatic heterocycles. The zero-order valence-corrected chi connectivity index (χ0v) is 18.7. The molecular weight excluding hydrogens is 400 g/mol. The SMILES string of the molecule is CCCNC(=O)[C@H](C)N(Cc1cccc(C)c1)C(=O)CCCOc1ccc(Cl)cc1. The van der Waals surface area contributed by atoms with Gasteiger partial charge < -0.3 is 15.0 Å². The van der Waals surface area contributed by atoms with E-state index in [2.05, 4.69) is 5.32 Å². The number of nitrogens with zero attached hydrogens (tertiary/aromatic N) is 1. The van der Waals surface area contributed by atoms with E-state index in [1.165, 1.54) is 0 Å². The van der Waals surface area contributed by atoms with E-state index in [0.29, 0.717) is 37.6 Å². The summed E-state index contributed by atoms with van der Waals surface area (Å²) < 4.78 is 5.68. The molecule has 30 heavy (non-hydrogen) atoms. The van der Waals surface area contributed by atoms with Crippen LogP contribution in [0.5, 0.6) is 5.75 Å². The highest BCUT2D eigenvalue weighted by Crippen LogP contribution is 2.17. The average Bonchev–Trinajstić information content (AvgIpc) is 2.74. The average molecular weight is 431 g/mol. The summed E-state index contributed by atoms with van der Waals surface area (Å²) >= 11 is 5.87. The Hall–Kier alpha value is -2.53. The standard InChI is InChI=1S/C24H31ClN2O3/c1-4-14-26-24(29)19(3)27(17-20-8-5-7-18(2)16-20)23(28)9-6-15-30-22-12-10-21(25)11-13-22/h5,7-8,10-13,16,19H,4,6,9,14-15,17H2,1-3H3,(H,26,29)/t19-/m0/s1. The van der Waals surface area contributed by atoms with E-state index >= 15 is 0 Å². The number of carbonyl (C=O) groups is 2. The van der Waals surface area contributed by atoms with Crippen LogP contribution in [0.3, 0.4) is 0 Å². The molecule has 1 atom stereocenters. The molecule has 6 heteroatoms. The highest BCUT2D eigenvalue weighted by Gasteiger charge is 2.25. The zero-order valence-electron chi connectivity index (χ0n) is 18.0. The smallest absolute Gasteiger partial charge is 0.242 e. The number of amides is 2. The van der Waals surface area contributed by atoms with E-state index < -0.39 is 6.04 Å². The number of hydrogen-bond acceptors (Lipinski definition) is 3. The summed E-state index contributed by atoms with van der Waals surface area (Å²) in [7, 11) is 0. The van der Waals surface area contributed by atoms with Gasteiger partial charge in [-0.15, -0.1) is 0 Å². The quantitative estimate of drug-likeness (QED) is 0.523. The first-order valence-corrected chi connectivity index (χ1v) is 10.8. The summed E-state index contributed by atoms with van der Waals surface area (Å²) in [6.45, 7) is 7.22. The molecule has 2 aromatic rings. The molecule has 0 fully saturated rings. The molecule has 0 spiro atoms. The van der Waals surface area contributed by atoms with Gasteiger partial charge in [-0.2, -0.15) is 0 Å². The molecule has 0 aromatic heterocycles. The second-order valence-corrected chi connectivity index (χ2v) is 7.82. The number of rotatable bonds is 11. The molecule has 0 radical (unpaired) electrons. The molecule has 0 aliphatic rings. The molecule has 2 rings (SSSR count). The molecule has 0 heterocycles. The van der Waals surface area contributed by atoms with Crippen molar-refractivity contribution in [3.05, 3.63) is 64.7 Å². The molecule has 0 saturated heterocycles. The van der Waals surface area contributed by atoms with Crippen LogP contribution in [0, 0.1) is 6.92 Å². The molecule has 0 unspecified atom stereocenters. The summed E-state index contributed by atoms with van der Waals surface area (Å²) in [6, 6.07) is 14.6. The van der Waals surface area contributed by atoms with Gasteiger partial charge in [0.15, 0.2) is 0 Å². The normalized spacial score (nSPS) is 11.6. The number of carbonyl (C=O) groups excluding carboxylic acids is 2. The van der Waals surface area contributed by atoms with Gasteiger partial charge in [0.2, 0.25) is 11.8 Å². The summed E-state index contributed by atoms with van der Waals surface area (Å²) in [5.41, 5.74) is 2.13. The van der Waals surface area contributed by atoms with Crippen molar-refractivity contribution < 1.29 is 14.3 Å². The Balaban J connectivity index is 1.97. The van der Waals surface area contributed by atoms with Gasteiger partial charge in [-0.3, -0.25) is 9.59 Å². The largest absolute Gasteiger partial charge is 0.494 e. The zero-order chi connectivity index (χ0) is 21.9. The molecule has 2 amide bonds. The minimum Gasteiger partial charge on any atom is -0.494 e. The van der Waals surface area contributed by atoms with E-state index in [1.54, 1.807) is 36.1 Å². The predicted molar refractivity (Wildman–Crippen MR) is 121 cm³/mol. The van der Waals surface area contributed by atoms with Crippen LogP contribution in [0.25, 0.3) is 0 Å². The van der Waals surface area contributed by atoms with Gasteiger partial charge in [0.25, 0.3) is 0 Å². The van der Waals surface area contributed by atoms with Crippen LogP contribution in [0.1, 0.15) is 44.2 Å². The van der Waals surface area contributed by atoms with Gasteiger partial charge >= 0.3 is 0 Å². The Morgan fingerprint density at radius 1 is 1.17 bits per heavy atom. The monoisotopic (exact) mass is 430 g/mol. The highest BCUT2D eigenvalue weighted by molar-refractivity contribution is 6.30. The fourth-order valence-corrected chi connectivity index (χ4v) is 3.20. The van der Waals surface area contributed by atoms with Gasteiger partial charge in [0, 0.05) is 24.5 Å². The molecule has 2 aromatic carbocycles. The van der Waals surface area contributed by atoms with Crippen molar-refractivity contribution in [3.8, 4) is 5.75 Å². The third-order valence-corrected chi connectivity index (χ3v) is 5.02. The molecule has 0 bridgehead atoms. The van der Waals surface area contributed by atoms with Gasteiger partial charge in [-0.05, 0) is 56.5 Å². The number of aryl methyl sites for hydroxylation is 1. The highest BCUT2D eigenvalue weighted by atomic mass is 35.5. The van der Waals surface area contributed by atoms with Gasteiger partial charge in [0.05, 0.1) is 6.61 Å². The molecule has 162 valence electrons.